The SMILES string of the molecule is CC(C)Oc1ccc(-c2nc(-c3ccc(CN[C@@H](CC(=O)O)C(=O)O)cc3Cl)no2)cc1C#N.Cl. The van der Waals surface area contributed by atoms with E-state index in [1.54, 1.807) is 36.4 Å². The summed E-state index contributed by atoms with van der Waals surface area (Å²) in [7, 11) is 0. The molecule has 1 aromatic heterocycles. The van der Waals surface area contributed by atoms with Gasteiger partial charge in [-0.25, -0.2) is 0 Å². The maximum Gasteiger partial charge on any atom is 0.321 e. The van der Waals surface area contributed by atoms with E-state index < -0.39 is 24.4 Å². The fourth-order valence-corrected chi connectivity index (χ4v) is 3.36. The Balaban J connectivity index is 0.00000432. The summed E-state index contributed by atoms with van der Waals surface area (Å²) in [6.07, 6.45) is -0.634. The van der Waals surface area contributed by atoms with E-state index in [9.17, 15) is 14.9 Å². The molecule has 35 heavy (non-hydrogen) atoms. The summed E-state index contributed by atoms with van der Waals surface area (Å²) < 4.78 is 11.0. The third kappa shape index (κ3) is 7.16. The lowest BCUT2D eigenvalue weighted by Crippen LogP contribution is -2.38. The van der Waals surface area contributed by atoms with Crippen molar-refractivity contribution >= 4 is 35.9 Å². The van der Waals surface area contributed by atoms with Crippen molar-refractivity contribution in [3.8, 4) is 34.7 Å². The van der Waals surface area contributed by atoms with Crippen molar-refractivity contribution in [2.75, 3.05) is 0 Å². The summed E-state index contributed by atoms with van der Waals surface area (Å²) in [6.45, 7) is 3.83. The summed E-state index contributed by atoms with van der Waals surface area (Å²) in [4.78, 5) is 26.4. The minimum Gasteiger partial charge on any atom is -0.490 e. The number of nitriles is 1. The summed E-state index contributed by atoms with van der Waals surface area (Å²) in [5, 5.41) is 34.3. The number of ether oxygens (including phenoxy) is 1. The maximum atomic E-state index is 11.2. The van der Waals surface area contributed by atoms with E-state index in [-0.39, 0.29) is 36.8 Å². The van der Waals surface area contributed by atoms with Crippen LogP contribution >= 0.6 is 24.0 Å². The summed E-state index contributed by atoms with van der Waals surface area (Å²) in [5.41, 5.74) is 2.01. The van der Waals surface area contributed by atoms with Crippen molar-refractivity contribution in [3.05, 3.63) is 52.5 Å². The predicted molar refractivity (Wildman–Crippen MR) is 128 cm³/mol. The van der Waals surface area contributed by atoms with Crippen LogP contribution in [0.5, 0.6) is 5.75 Å². The Morgan fingerprint density at radius 2 is 1.97 bits per heavy atom. The first-order valence-electron chi connectivity index (χ1n) is 10.2. The number of aromatic nitrogens is 2. The van der Waals surface area contributed by atoms with Gasteiger partial charge in [0.05, 0.1) is 23.1 Å². The van der Waals surface area contributed by atoms with E-state index >= 15 is 0 Å². The van der Waals surface area contributed by atoms with Gasteiger partial charge in [0.15, 0.2) is 0 Å². The van der Waals surface area contributed by atoms with Gasteiger partial charge in [0, 0.05) is 17.7 Å². The van der Waals surface area contributed by atoms with Gasteiger partial charge in [0.25, 0.3) is 5.89 Å². The normalized spacial score (nSPS) is 11.4. The molecular formula is C23H22Cl2N4O6. The molecule has 0 spiro atoms. The molecule has 2 aromatic carbocycles. The van der Waals surface area contributed by atoms with E-state index in [0.29, 0.717) is 33.0 Å². The number of aliphatic carboxylic acids is 2. The van der Waals surface area contributed by atoms with Crippen LogP contribution in [0.2, 0.25) is 5.02 Å². The van der Waals surface area contributed by atoms with Gasteiger partial charge in [0.1, 0.15) is 17.9 Å². The zero-order chi connectivity index (χ0) is 24.8. The molecule has 3 rings (SSSR count). The number of hydrogen-bond acceptors (Lipinski definition) is 8. The molecule has 1 heterocycles. The maximum absolute atomic E-state index is 11.2. The molecule has 0 radical (unpaired) electrons. The van der Waals surface area contributed by atoms with Crippen LogP contribution < -0.4 is 10.1 Å². The van der Waals surface area contributed by atoms with Gasteiger partial charge in [-0.15, -0.1) is 12.4 Å². The molecule has 0 bridgehead atoms. The third-order valence-corrected chi connectivity index (χ3v) is 4.95. The Morgan fingerprint density at radius 1 is 1.23 bits per heavy atom. The minimum atomic E-state index is -1.26. The first-order chi connectivity index (χ1) is 16.2. The smallest absolute Gasteiger partial charge is 0.321 e. The topological polar surface area (TPSA) is 159 Å². The number of nitrogens with one attached hydrogen (secondary N) is 1. The van der Waals surface area contributed by atoms with Gasteiger partial charge < -0.3 is 19.5 Å². The molecule has 0 aliphatic rings. The van der Waals surface area contributed by atoms with E-state index in [1.165, 1.54) is 0 Å². The van der Waals surface area contributed by atoms with Crippen LogP contribution in [0.15, 0.2) is 40.9 Å². The monoisotopic (exact) mass is 520 g/mol. The van der Waals surface area contributed by atoms with Gasteiger partial charge in [0.2, 0.25) is 5.82 Å². The Hall–Kier alpha value is -3.65. The third-order valence-electron chi connectivity index (χ3n) is 4.64. The second-order valence-electron chi connectivity index (χ2n) is 7.60. The summed E-state index contributed by atoms with van der Waals surface area (Å²) in [5.74, 6) is -1.59. The quantitative estimate of drug-likeness (QED) is 0.354. The molecule has 0 aliphatic heterocycles. The Bertz CT molecular complexity index is 1260. The Kier molecular flexibility index (Phi) is 9.59. The van der Waals surface area contributed by atoms with E-state index in [4.69, 9.17) is 31.1 Å². The first-order valence-corrected chi connectivity index (χ1v) is 10.6. The molecule has 0 fully saturated rings. The van der Waals surface area contributed by atoms with Crippen LogP contribution in [0.25, 0.3) is 22.8 Å². The largest absolute Gasteiger partial charge is 0.490 e. The van der Waals surface area contributed by atoms with Crippen molar-refractivity contribution in [1.82, 2.24) is 15.5 Å². The average molecular weight is 521 g/mol. The number of nitrogens with zero attached hydrogens (tertiary/aromatic N) is 3. The van der Waals surface area contributed by atoms with Crippen LogP contribution in [-0.4, -0.2) is 44.4 Å². The second-order valence-corrected chi connectivity index (χ2v) is 8.00. The number of benzene rings is 2. The van der Waals surface area contributed by atoms with Crippen LogP contribution in [0.1, 0.15) is 31.4 Å². The van der Waals surface area contributed by atoms with Gasteiger partial charge in [-0.1, -0.05) is 22.8 Å². The average Bonchev–Trinajstić information content (AvgIpc) is 3.26. The second kappa shape index (κ2) is 12.2. The lowest BCUT2D eigenvalue weighted by Gasteiger charge is -2.12. The number of carboxylic acids is 2. The molecule has 12 heteroatoms. The molecule has 0 aliphatic carbocycles. The highest BCUT2D eigenvalue weighted by Crippen LogP contribution is 2.30. The molecule has 184 valence electrons. The summed E-state index contributed by atoms with van der Waals surface area (Å²) >= 11 is 6.38. The summed E-state index contributed by atoms with van der Waals surface area (Å²) in [6, 6.07) is 10.8. The minimum absolute atomic E-state index is 0. The van der Waals surface area contributed by atoms with Gasteiger partial charge in [-0.05, 0) is 49.7 Å². The zero-order valence-electron chi connectivity index (χ0n) is 18.7. The molecule has 3 aromatic rings. The van der Waals surface area contributed by atoms with E-state index in [1.807, 2.05) is 13.8 Å². The Labute approximate surface area is 211 Å². The van der Waals surface area contributed by atoms with Crippen molar-refractivity contribution in [2.45, 2.75) is 39.0 Å². The molecule has 10 nitrogen and oxygen atoms in total. The van der Waals surface area contributed by atoms with Gasteiger partial charge in [-0.2, -0.15) is 10.2 Å². The van der Waals surface area contributed by atoms with E-state index in [2.05, 4.69) is 21.5 Å². The standard InChI is InChI=1S/C23H21ClN4O6.ClH/c1-12(2)33-19-6-4-14(8-15(19)10-25)22-27-21(28-34-22)16-5-3-13(7-17(16)24)11-26-18(23(31)32)9-20(29)30;/h3-8,12,18,26H,9,11H2,1-2H3,(H,29,30)(H,31,32);1H/t18-;/m0./s1. The molecule has 0 amide bonds. The highest BCUT2D eigenvalue weighted by Gasteiger charge is 2.21. The number of hydrogen-bond donors (Lipinski definition) is 3. The fourth-order valence-electron chi connectivity index (χ4n) is 3.07. The van der Waals surface area contributed by atoms with Crippen molar-refractivity contribution in [1.29, 1.82) is 5.26 Å². The highest BCUT2D eigenvalue weighted by molar-refractivity contribution is 6.33. The van der Waals surface area contributed by atoms with Crippen LogP contribution in [0, 0.1) is 11.3 Å². The number of carbonyl (C=O) groups is 2. The molecular weight excluding hydrogens is 499 g/mol. The number of halogens is 2. The van der Waals surface area contributed by atoms with Crippen molar-refractivity contribution in [3.63, 3.8) is 0 Å². The lowest BCUT2D eigenvalue weighted by molar-refractivity contribution is -0.146. The van der Waals surface area contributed by atoms with Crippen LogP contribution in [-0.2, 0) is 16.1 Å². The number of carboxylic acid groups (broad SMARTS) is 2. The lowest BCUT2D eigenvalue weighted by atomic mass is 10.1. The van der Waals surface area contributed by atoms with E-state index in [0.717, 1.165) is 0 Å². The molecule has 3 N–H and O–H groups in total. The molecule has 0 saturated carbocycles. The highest BCUT2D eigenvalue weighted by atomic mass is 35.5. The van der Waals surface area contributed by atoms with Crippen molar-refractivity contribution < 1.29 is 29.1 Å². The fraction of sp³-hybridized carbons (Fsp3) is 0.261. The van der Waals surface area contributed by atoms with Gasteiger partial charge >= 0.3 is 11.9 Å². The molecule has 0 unspecified atom stereocenters. The van der Waals surface area contributed by atoms with Crippen molar-refractivity contribution in [2.24, 2.45) is 0 Å². The Morgan fingerprint density at radius 3 is 2.57 bits per heavy atom. The first kappa shape index (κ1) is 27.6. The number of rotatable bonds is 10. The van der Waals surface area contributed by atoms with Crippen LogP contribution in [0.4, 0.5) is 0 Å². The molecule has 0 saturated heterocycles. The van der Waals surface area contributed by atoms with Gasteiger partial charge in [-0.3, -0.25) is 14.9 Å². The van der Waals surface area contributed by atoms with Crippen LogP contribution in [0.3, 0.4) is 0 Å². The molecule has 1 atom stereocenters. The predicted octanol–water partition coefficient (Wildman–Crippen LogP) is 4.16. The zero-order valence-corrected chi connectivity index (χ0v) is 20.3.